The third kappa shape index (κ3) is 2.95. The van der Waals surface area contributed by atoms with Crippen LogP contribution in [-0.2, 0) is 5.41 Å². The first-order valence-corrected chi connectivity index (χ1v) is 8.54. The second-order valence-electron chi connectivity index (χ2n) is 8.19. The van der Waals surface area contributed by atoms with Crippen molar-refractivity contribution in [1.29, 1.82) is 0 Å². The molecule has 24 heavy (non-hydrogen) atoms. The maximum Gasteiger partial charge on any atom is 0.157 e. The van der Waals surface area contributed by atoms with E-state index in [4.69, 9.17) is 0 Å². The van der Waals surface area contributed by atoms with Crippen molar-refractivity contribution in [1.82, 2.24) is 0 Å². The van der Waals surface area contributed by atoms with Crippen LogP contribution in [0.25, 0.3) is 0 Å². The van der Waals surface area contributed by atoms with Crippen molar-refractivity contribution in [2.45, 2.75) is 45.4 Å². The zero-order chi connectivity index (χ0) is 17.5. The number of hydrogen-bond acceptors (Lipinski definition) is 3. The van der Waals surface area contributed by atoms with Crippen molar-refractivity contribution in [2.75, 3.05) is 0 Å². The minimum Gasteiger partial charge on any atom is -0.508 e. The Labute approximate surface area is 143 Å². The number of aromatic hydroxyl groups is 3. The van der Waals surface area contributed by atoms with Crippen molar-refractivity contribution in [3.05, 3.63) is 53.6 Å². The third-order valence-corrected chi connectivity index (χ3v) is 5.33. The maximum atomic E-state index is 10.0. The number of rotatable bonds is 2. The van der Waals surface area contributed by atoms with Crippen LogP contribution in [0.15, 0.2) is 42.5 Å². The van der Waals surface area contributed by atoms with Crippen LogP contribution in [0.5, 0.6) is 17.2 Å². The Hall–Kier alpha value is -2.16. The molecule has 0 spiro atoms. The van der Waals surface area contributed by atoms with Gasteiger partial charge in [0.05, 0.1) is 0 Å². The number of phenols is 3. The molecule has 0 bridgehead atoms. The van der Waals surface area contributed by atoms with Gasteiger partial charge >= 0.3 is 0 Å². The average molecular weight is 326 g/mol. The Morgan fingerprint density at radius 1 is 0.833 bits per heavy atom. The molecule has 3 N–H and O–H groups in total. The van der Waals surface area contributed by atoms with E-state index in [1.165, 1.54) is 0 Å². The van der Waals surface area contributed by atoms with Gasteiger partial charge in [0.15, 0.2) is 11.5 Å². The van der Waals surface area contributed by atoms with Gasteiger partial charge in [-0.05, 0) is 66.0 Å². The Bertz CT molecular complexity index is 733. The van der Waals surface area contributed by atoms with Crippen LogP contribution in [-0.4, -0.2) is 15.3 Å². The lowest BCUT2D eigenvalue weighted by Crippen LogP contribution is -2.41. The molecule has 1 saturated carbocycles. The van der Waals surface area contributed by atoms with E-state index in [-0.39, 0.29) is 28.1 Å². The van der Waals surface area contributed by atoms with Crippen LogP contribution in [0, 0.1) is 11.3 Å². The van der Waals surface area contributed by atoms with Crippen molar-refractivity contribution in [3.63, 3.8) is 0 Å². The Morgan fingerprint density at radius 3 is 2.04 bits per heavy atom. The van der Waals surface area contributed by atoms with E-state index in [0.717, 1.165) is 30.4 Å². The topological polar surface area (TPSA) is 60.7 Å². The predicted octanol–water partition coefficient (Wildman–Crippen LogP) is 4.94. The Morgan fingerprint density at radius 2 is 1.46 bits per heavy atom. The fraction of sp³-hybridized carbons (Fsp3) is 0.429. The summed E-state index contributed by atoms with van der Waals surface area (Å²) >= 11 is 0. The molecule has 3 nitrogen and oxygen atoms in total. The quantitative estimate of drug-likeness (QED) is 0.685. The summed E-state index contributed by atoms with van der Waals surface area (Å²) in [5.41, 5.74) is 2.09. The lowest BCUT2D eigenvalue weighted by Gasteiger charge is -2.48. The van der Waals surface area contributed by atoms with Crippen LogP contribution >= 0.6 is 0 Å². The summed E-state index contributed by atoms with van der Waals surface area (Å²) in [7, 11) is 0. The summed E-state index contributed by atoms with van der Waals surface area (Å²) in [5.74, 6) is 0.619. The van der Waals surface area contributed by atoms with Crippen molar-refractivity contribution >= 4 is 0 Å². The molecule has 3 heteroatoms. The molecule has 0 saturated heterocycles. The van der Waals surface area contributed by atoms with Gasteiger partial charge in [-0.15, -0.1) is 0 Å². The van der Waals surface area contributed by atoms with Gasteiger partial charge < -0.3 is 15.3 Å². The molecule has 2 unspecified atom stereocenters. The molecular formula is C21H26O3. The monoisotopic (exact) mass is 326 g/mol. The molecule has 3 rings (SSSR count). The molecule has 1 aliphatic carbocycles. The molecule has 0 radical (unpaired) electrons. The first-order chi connectivity index (χ1) is 11.2. The zero-order valence-electron chi connectivity index (χ0n) is 14.6. The molecule has 2 aromatic carbocycles. The van der Waals surface area contributed by atoms with Crippen molar-refractivity contribution in [3.8, 4) is 17.2 Å². The first kappa shape index (κ1) is 16.7. The summed E-state index contributed by atoms with van der Waals surface area (Å²) in [5, 5.41) is 29.4. The summed E-state index contributed by atoms with van der Waals surface area (Å²) in [6, 6.07) is 12.6. The van der Waals surface area contributed by atoms with Gasteiger partial charge in [-0.25, -0.2) is 0 Å². The molecule has 0 aromatic heterocycles. The molecule has 1 aliphatic rings. The van der Waals surface area contributed by atoms with Crippen LogP contribution in [0.1, 0.15) is 51.2 Å². The van der Waals surface area contributed by atoms with Crippen LogP contribution in [0.2, 0.25) is 0 Å². The normalized spacial score (nSPS) is 26.2. The van der Waals surface area contributed by atoms with E-state index in [2.05, 4.69) is 20.8 Å². The second kappa shape index (κ2) is 5.73. The molecular weight excluding hydrogens is 300 g/mol. The summed E-state index contributed by atoms with van der Waals surface area (Å²) in [4.78, 5) is 0. The molecule has 0 heterocycles. The van der Waals surface area contributed by atoms with Crippen LogP contribution < -0.4 is 0 Å². The molecule has 128 valence electrons. The van der Waals surface area contributed by atoms with E-state index in [1.54, 1.807) is 24.3 Å². The number of benzene rings is 2. The minimum absolute atomic E-state index is 0.0818. The van der Waals surface area contributed by atoms with Gasteiger partial charge in [0, 0.05) is 5.41 Å². The molecule has 0 amide bonds. The van der Waals surface area contributed by atoms with Gasteiger partial charge in [0.1, 0.15) is 5.75 Å². The maximum absolute atomic E-state index is 10.0. The standard InChI is InChI=1S/C21H26O3/c1-14-11-20(2,3)13-21(12-14,15-4-7-17(22)8-5-15)16-6-9-18(23)19(24)10-16/h4-10,14,22-24H,11-13H2,1-3H3. The fourth-order valence-electron chi connectivity index (χ4n) is 4.78. The SMILES string of the molecule is CC1CC(C)(C)CC(c2ccc(O)cc2)(c2ccc(O)c(O)c2)C1. The smallest absolute Gasteiger partial charge is 0.157 e. The highest BCUT2D eigenvalue weighted by atomic mass is 16.3. The first-order valence-electron chi connectivity index (χ1n) is 8.54. The molecule has 2 aromatic rings. The summed E-state index contributed by atoms with van der Waals surface area (Å²) < 4.78 is 0. The van der Waals surface area contributed by atoms with Gasteiger partial charge in [0.2, 0.25) is 0 Å². The van der Waals surface area contributed by atoms with E-state index in [1.807, 2.05) is 18.2 Å². The zero-order valence-corrected chi connectivity index (χ0v) is 14.6. The predicted molar refractivity (Wildman–Crippen MR) is 95.5 cm³/mol. The van der Waals surface area contributed by atoms with Crippen LogP contribution in [0.4, 0.5) is 0 Å². The van der Waals surface area contributed by atoms with Gasteiger partial charge in [-0.3, -0.25) is 0 Å². The molecule has 0 aliphatic heterocycles. The van der Waals surface area contributed by atoms with E-state index in [9.17, 15) is 15.3 Å². The number of hydrogen-bond donors (Lipinski definition) is 3. The summed E-state index contributed by atoms with van der Waals surface area (Å²) in [6.45, 7) is 6.85. The average Bonchev–Trinajstić information content (AvgIpc) is 2.48. The van der Waals surface area contributed by atoms with Gasteiger partial charge in [-0.2, -0.15) is 0 Å². The molecule has 2 atom stereocenters. The highest BCUT2D eigenvalue weighted by Gasteiger charge is 2.45. The Kier molecular flexibility index (Phi) is 3.98. The van der Waals surface area contributed by atoms with Gasteiger partial charge in [-0.1, -0.05) is 39.0 Å². The van der Waals surface area contributed by atoms with Gasteiger partial charge in [0.25, 0.3) is 0 Å². The number of phenolic OH excluding ortho intramolecular Hbond substituents is 3. The summed E-state index contributed by atoms with van der Waals surface area (Å²) in [6.07, 6.45) is 3.10. The fourth-order valence-corrected chi connectivity index (χ4v) is 4.78. The van der Waals surface area contributed by atoms with Crippen LogP contribution in [0.3, 0.4) is 0 Å². The lowest BCUT2D eigenvalue weighted by atomic mass is 9.55. The third-order valence-electron chi connectivity index (χ3n) is 5.33. The highest BCUT2D eigenvalue weighted by molar-refractivity contribution is 5.49. The second-order valence-corrected chi connectivity index (χ2v) is 8.19. The largest absolute Gasteiger partial charge is 0.508 e. The highest BCUT2D eigenvalue weighted by Crippen LogP contribution is 2.54. The lowest BCUT2D eigenvalue weighted by molar-refractivity contribution is 0.126. The Balaban J connectivity index is 2.20. The molecule has 1 fully saturated rings. The van der Waals surface area contributed by atoms with E-state index < -0.39 is 0 Å². The van der Waals surface area contributed by atoms with Crippen molar-refractivity contribution < 1.29 is 15.3 Å². The minimum atomic E-state index is -0.236. The van der Waals surface area contributed by atoms with E-state index in [0.29, 0.717) is 5.92 Å². The van der Waals surface area contributed by atoms with Crippen molar-refractivity contribution in [2.24, 2.45) is 11.3 Å². The van der Waals surface area contributed by atoms with E-state index >= 15 is 0 Å².